The van der Waals surface area contributed by atoms with Crippen LogP contribution in [0.5, 0.6) is 0 Å². The van der Waals surface area contributed by atoms with Gasteiger partial charge in [0.1, 0.15) is 17.7 Å². The molecular weight excluding hydrogens is 538 g/mol. The zero-order chi connectivity index (χ0) is 25.9. The van der Waals surface area contributed by atoms with E-state index in [0.717, 1.165) is 38.0 Å². The van der Waals surface area contributed by atoms with Crippen LogP contribution in [0.25, 0.3) is 5.57 Å². The lowest BCUT2D eigenvalue weighted by Crippen LogP contribution is -2.68. The Kier molecular flexibility index (Phi) is 5.27. The zero-order valence-corrected chi connectivity index (χ0v) is 22.0. The Morgan fingerprint density at radius 3 is 2.29 bits per heavy atom. The lowest BCUT2D eigenvalue weighted by Gasteiger charge is -2.54. The number of piperazine rings is 1. The van der Waals surface area contributed by atoms with Crippen LogP contribution in [0.15, 0.2) is 120 Å². The van der Waals surface area contributed by atoms with Gasteiger partial charge in [0, 0.05) is 28.3 Å². The molecule has 3 heterocycles. The van der Waals surface area contributed by atoms with Crippen LogP contribution in [0, 0.1) is 0 Å². The van der Waals surface area contributed by atoms with E-state index < -0.39 is 17.7 Å². The average Bonchev–Trinajstić information content (AvgIpc) is 3.45. The fourth-order valence-electron chi connectivity index (χ4n) is 6.37. The van der Waals surface area contributed by atoms with Crippen molar-refractivity contribution in [2.75, 3.05) is 5.32 Å². The predicted octanol–water partition coefficient (Wildman–Crippen LogP) is 6.11. The molecule has 4 aromatic carbocycles. The topological polar surface area (TPSA) is 52.7 Å². The van der Waals surface area contributed by atoms with Crippen molar-refractivity contribution in [3.8, 4) is 0 Å². The van der Waals surface area contributed by atoms with Crippen LogP contribution in [0.1, 0.15) is 28.3 Å². The van der Waals surface area contributed by atoms with E-state index >= 15 is 0 Å². The van der Waals surface area contributed by atoms with Gasteiger partial charge in [0.05, 0.1) is 0 Å². The molecule has 3 unspecified atom stereocenters. The van der Waals surface area contributed by atoms with Crippen molar-refractivity contribution in [1.82, 2.24) is 9.80 Å². The van der Waals surface area contributed by atoms with Crippen molar-refractivity contribution < 1.29 is 9.59 Å². The van der Waals surface area contributed by atoms with Crippen LogP contribution in [0.2, 0.25) is 0 Å². The van der Waals surface area contributed by atoms with E-state index in [9.17, 15) is 9.59 Å². The van der Waals surface area contributed by atoms with Crippen molar-refractivity contribution in [2.24, 2.45) is 0 Å². The summed E-state index contributed by atoms with van der Waals surface area (Å²) in [6.07, 6.45) is 1.25. The van der Waals surface area contributed by atoms with E-state index in [0.29, 0.717) is 6.54 Å². The molecular formula is C32H24BrN3O2. The maximum atomic E-state index is 14.5. The summed E-state index contributed by atoms with van der Waals surface area (Å²) in [4.78, 5) is 32.3. The molecule has 0 aliphatic carbocycles. The van der Waals surface area contributed by atoms with Crippen LogP contribution in [-0.2, 0) is 21.7 Å². The third kappa shape index (κ3) is 3.23. The highest BCUT2D eigenvalue weighted by molar-refractivity contribution is 9.10. The first kappa shape index (κ1) is 23.0. The molecule has 0 aromatic heterocycles. The molecule has 7 rings (SSSR count). The smallest absolute Gasteiger partial charge is 0.252 e. The van der Waals surface area contributed by atoms with E-state index in [1.807, 2.05) is 113 Å². The number of amides is 2. The van der Waals surface area contributed by atoms with Gasteiger partial charge in [0.15, 0.2) is 0 Å². The van der Waals surface area contributed by atoms with Gasteiger partial charge in [-0.3, -0.25) is 9.59 Å². The molecule has 2 amide bonds. The van der Waals surface area contributed by atoms with Crippen LogP contribution in [0.3, 0.4) is 0 Å². The number of hydrogen-bond acceptors (Lipinski definition) is 3. The minimum atomic E-state index is -0.898. The Bertz CT molecular complexity index is 1600. The van der Waals surface area contributed by atoms with E-state index in [2.05, 4.69) is 27.3 Å². The number of carbonyl (C=O) groups excluding carboxylic acids is 2. The van der Waals surface area contributed by atoms with Gasteiger partial charge in [-0.2, -0.15) is 0 Å². The average molecular weight is 562 g/mol. The first-order valence-electron chi connectivity index (χ1n) is 12.7. The summed E-state index contributed by atoms with van der Waals surface area (Å²) < 4.78 is 0.862. The second-order valence-corrected chi connectivity index (χ2v) is 10.8. The van der Waals surface area contributed by atoms with Crippen molar-refractivity contribution in [2.45, 2.75) is 24.3 Å². The second kappa shape index (κ2) is 8.71. The summed E-state index contributed by atoms with van der Waals surface area (Å²) >= 11 is 3.58. The molecule has 3 aliphatic rings. The maximum Gasteiger partial charge on any atom is 0.252 e. The van der Waals surface area contributed by atoms with Gasteiger partial charge < -0.3 is 15.1 Å². The van der Waals surface area contributed by atoms with Crippen molar-refractivity contribution >= 4 is 39.0 Å². The molecule has 4 aromatic rings. The fourth-order valence-corrected chi connectivity index (χ4v) is 6.79. The Balaban J connectivity index is 1.51. The quantitative estimate of drug-likeness (QED) is 0.327. The largest absolute Gasteiger partial charge is 0.362 e. The maximum absolute atomic E-state index is 14.5. The third-order valence-electron chi connectivity index (χ3n) is 7.85. The first-order valence-corrected chi connectivity index (χ1v) is 13.4. The van der Waals surface area contributed by atoms with Crippen LogP contribution >= 0.6 is 15.9 Å². The van der Waals surface area contributed by atoms with E-state index in [1.54, 1.807) is 6.08 Å². The van der Waals surface area contributed by atoms with Gasteiger partial charge in [-0.15, -0.1) is 0 Å². The summed E-state index contributed by atoms with van der Waals surface area (Å²) in [5.74, 6) is -0.269. The molecule has 0 radical (unpaired) electrons. The molecule has 1 saturated heterocycles. The van der Waals surface area contributed by atoms with E-state index in [1.165, 1.54) is 0 Å². The number of anilines is 1. The summed E-state index contributed by atoms with van der Waals surface area (Å²) in [6.45, 7) is 0.418. The Labute approximate surface area is 229 Å². The first-order chi connectivity index (χ1) is 18.6. The van der Waals surface area contributed by atoms with E-state index in [4.69, 9.17) is 0 Å². The molecule has 1 N–H and O–H groups in total. The Morgan fingerprint density at radius 2 is 1.53 bits per heavy atom. The van der Waals surface area contributed by atoms with Crippen molar-refractivity contribution in [3.63, 3.8) is 0 Å². The highest BCUT2D eigenvalue weighted by atomic mass is 79.9. The summed E-state index contributed by atoms with van der Waals surface area (Å²) in [5.41, 5.74) is 4.71. The fraction of sp³-hybridized carbons (Fsp3) is 0.125. The van der Waals surface area contributed by atoms with Crippen LogP contribution in [0.4, 0.5) is 5.69 Å². The number of nitrogens with zero attached hydrogens (tertiary/aromatic N) is 2. The molecule has 38 heavy (non-hydrogen) atoms. The lowest BCUT2D eigenvalue weighted by molar-refractivity contribution is -0.162. The normalized spacial score (nSPS) is 23.4. The lowest BCUT2D eigenvalue weighted by atomic mass is 9.75. The van der Waals surface area contributed by atoms with E-state index in [-0.39, 0.29) is 11.8 Å². The van der Waals surface area contributed by atoms with Gasteiger partial charge in [0.2, 0.25) is 5.91 Å². The number of benzene rings is 4. The number of halogens is 1. The Hall–Kier alpha value is -4.16. The van der Waals surface area contributed by atoms with Gasteiger partial charge in [-0.05, 0) is 40.5 Å². The third-order valence-corrected chi connectivity index (χ3v) is 8.35. The highest BCUT2D eigenvalue weighted by Gasteiger charge is 2.67. The van der Waals surface area contributed by atoms with Gasteiger partial charge in [-0.25, -0.2) is 0 Å². The number of carbonyl (C=O) groups is 2. The standard InChI is InChI=1S/C32H24BrN3O2/c33-24-15-9-14-23(18-24)29-30(38)35(20-21-10-3-1-4-11-21)31-32(25-16-7-8-17-27(25)34-31)26(19-28(37)36(29)32)22-12-5-2-6-13-22/h1-19,29,31,34H,20H2. The highest BCUT2D eigenvalue weighted by Crippen LogP contribution is 2.60. The predicted molar refractivity (Wildman–Crippen MR) is 151 cm³/mol. The van der Waals surface area contributed by atoms with Crippen molar-refractivity contribution in [1.29, 1.82) is 0 Å². The molecule has 1 fully saturated rings. The minimum absolute atomic E-state index is 0.107. The number of rotatable bonds is 4. The Morgan fingerprint density at radius 1 is 0.816 bits per heavy atom. The van der Waals surface area contributed by atoms with Crippen LogP contribution in [-0.4, -0.2) is 27.8 Å². The van der Waals surface area contributed by atoms with Gasteiger partial charge in [-0.1, -0.05) is 107 Å². The molecule has 3 atom stereocenters. The molecule has 1 spiro atoms. The molecule has 0 bridgehead atoms. The molecule has 5 nitrogen and oxygen atoms in total. The number of hydrogen-bond donors (Lipinski definition) is 1. The molecule has 0 saturated carbocycles. The number of fused-ring (bicyclic) bond motifs is 1. The number of nitrogens with one attached hydrogen (secondary N) is 1. The van der Waals surface area contributed by atoms with Gasteiger partial charge in [0.25, 0.3) is 5.91 Å². The summed E-state index contributed by atoms with van der Waals surface area (Å²) in [6, 6.07) is 35.1. The minimum Gasteiger partial charge on any atom is -0.362 e. The molecule has 186 valence electrons. The van der Waals surface area contributed by atoms with Gasteiger partial charge >= 0.3 is 0 Å². The summed E-state index contributed by atoms with van der Waals surface area (Å²) in [7, 11) is 0. The zero-order valence-electron chi connectivity index (χ0n) is 20.4. The second-order valence-electron chi connectivity index (χ2n) is 9.90. The van der Waals surface area contributed by atoms with Crippen molar-refractivity contribution in [3.05, 3.63) is 142 Å². The van der Waals surface area contributed by atoms with Crippen LogP contribution < -0.4 is 5.32 Å². The molecule has 3 aliphatic heterocycles. The molecule has 6 heteroatoms. The SMILES string of the molecule is O=C1C(c2cccc(Br)c2)N2C(=O)C=C(c3ccccc3)C23c2ccccc2NC3N1Cc1ccccc1. The monoisotopic (exact) mass is 561 g/mol. The summed E-state index contributed by atoms with van der Waals surface area (Å²) in [5, 5.41) is 3.66. The number of para-hydroxylation sites is 1.